The Balaban J connectivity index is 1.67. The molecule has 0 spiro atoms. The van der Waals surface area contributed by atoms with Crippen LogP contribution in [0, 0.1) is 5.41 Å². The number of piperidine rings is 1. The third-order valence-corrected chi connectivity index (χ3v) is 5.15. The van der Waals surface area contributed by atoms with Crippen LogP contribution in [0.5, 0.6) is 0 Å². The molecule has 5 heteroatoms. The van der Waals surface area contributed by atoms with Gasteiger partial charge in [0.2, 0.25) is 5.91 Å². The lowest BCUT2D eigenvalue weighted by atomic mass is 9.97. The summed E-state index contributed by atoms with van der Waals surface area (Å²) < 4.78 is 0. The summed E-state index contributed by atoms with van der Waals surface area (Å²) in [5, 5.41) is 0. The Morgan fingerprint density at radius 2 is 2.00 bits per heavy atom. The van der Waals surface area contributed by atoms with Crippen molar-refractivity contribution in [1.82, 2.24) is 9.80 Å². The van der Waals surface area contributed by atoms with Gasteiger partial charge in [-0.15, -0.1) is 0 Å². The molecule has 2 saturated heterocycles. The number of piperazine rings is 1. The van der Waals surface area contributed by atoms with Crippen LogP contribution in [0.15, 0.2) is 0 Å². The second-order valence-corrected chi connectivity index (χ2v) is 6.32. The number of nitrogens with two attached hydrogens (primary N) is 1. The van der Waals surface area contributed by atoms with Crippen LogP contribution in [-0.4, -0.2) is 52.9 Å². The van der Waals surface area contributed by atoms with Crippen LogP contribution in [0.3, 0.4) is 0 Å². The van der Waals surface area contributed by atoms with Crippen LogP contribution in [-0.2, 0) is 4.79 Å². The molecule has 3 aliphatic rings. The van der Waals surface area contributed by atoms with E-state index in [-0.39, 0.29) is 5.91 Å². The first-order valence-electron chi connectivity index (χ1n) is 6.97. The maximum Gasteiger partial charge on any atom is 0.235 e. The van der Waals surface area contributed by atoms with E-state index in [0.29, 0.717) is 11.0 Å². The summed E-state index contributed by atoms with van der Waals surface area (Å²) in [4.78, 5) is 17.5. The Bertz CT molecular complexity index is 380. The van der Waals surface area contributed by atoms with Crippen molar-refractivity contribution >= 4 is 23.1 Å². The van der Waals surface area contributed by atoms with Gasteiger partial charge >= 0.3 is 0 Å². The highest BCUT2D eigenvalue weighted by molar-refractivity contribution is 7.80. The van der Waals surface area contributed by atoms with Crippen molar-refractivity contribution < 1.29 is 4.79 Å². The molecule has 1 amide bonds. The van der Waals surface area contributed by atoms with Crippen molar-refractivity contribution in [3.63, 3.8) is 0 Å². The predicted octanol–water partition coefficient (Wildman–Crippen LogP) is 0.749. The lowest BCUT2D eigenvalue weighted by Crippen LogP contribution is -2.58. The molecule has 2 aliphatic heterocycles. The van der Waals surface area contributed by atoms with Gasteiger partial charge in [-0.3, -0.25) is 9.69 Å². The van der Waals surface area contributed by atoms with Gasteiger partial charge in [0, 0.05) is 25.7 Å². The second kappa shape index (κ2) is 4.46. The highest BCUT2D eigenvalue weighted by Gasteiger charge is 2.55. The number of carbonyl (C=O) groups excluding carboxylic acids is 1. The average Bonchev–Trinajstić information content (AvgIpc) is 3.19. The Kier molecular flexibility index (Phi) is 3.06. The fourth-order valence-electron chi connectivity index (χ4n) is 3.33. The van der Waals surface area contributed by atoms with Crippen LogP contribution in [0.25, 0.3) is 0 Å². The van der Waals surface area contributed by atoms with E-state index in [1.807, 2.05) is 4.90 Å². The molecule has 18 heavy (non-hydrogen) atoms. The molecule has 0 radical (unpaired) electrons. The number of rotatable bonds is 2. The molecule has 1 saturated carbocycles. The van der Waals surface area contributed by atoms with E-state index < -0.39 is 5.41 Å². The largest absolute Gasteiger partial charge is 0.392 e. The van der Waals surface area contributed by atoms with Gasteiger partial charge in [0.05, 0.1) is 10.4 Å². The standard InChI is InChI=1S/C13H21N3OS/c14-11(18)13(4-5-13)12(17)16-8-7-15-6-2-1-3-10(15)9-16/h10H,1-9H2,(H2,14,18). The van der Waals surface area contributed by atoms with E-state index >= 15 is 0 Å². The van der Waals surface area contributed by atoms with Gasteiger partial charge in [-0.1, -0.05) is 18.6 Å². The van der Waals surface area contributed by atoms with E-state index in [9.17, 15) is 4.79 Å². The summed E-state index contributed by atoms with van der Waals surface area (Å²) in [6, 6.07) is 0.568. The number of amides is 1. The molecule has 1 aliphatic carbocycles. The predicted molar refractivity (Wildman–Crippen MR) is 74.2 cm³/mol. The van der Waals surface area contributed by atoms with Crippen molar-refractivity contribution in [3.05, 3.63) is 0 Å². The highest BCUT2D eigenvalue weighted by atomic mass is 32.1. The normalized spacial score (nSPS) is 30.7. The molecule has 0 aromatic carbocycles. The van der Waals surface area contributed by atoms with E-state index in [0.717, 1.165) is 32.5 Å². The van der Waals surface area contributed by atoms with Crippen molar-refractivity contribution in [1.29, 1.82) is 0 Å². The summed E-state index contributed by atoms with van der Waals surface area (Å²) >= 11 is 5.07. The van der Waals surface area contributed by atoms with Crippen LogP contribution >= 0.6 is 12.2 Å². The molecular formula is C13H21N3OS. The molecule has 2 heterocycles. The molecule has 100 valence electrons. The van der Waals surface area contributed by atoms with Gasteiger partial charge in [-0.05, 0) is 32.2 Å². The van der Waals surface area contributed by atoms with Gasteiger partial charge in [0.25, 0.3) is 0 Å². The third-order valence-electron chi connectivity index (χ3n) is 4.76. The van der Waals surface area contributed by atoms with Gasteiger partial charge in [-0.25, -0.2) is 0 Å². The Hall–Kier alpha value is -0.680. The van der Waals surface area contributed by atoms with Gasteiger partial charge in [-0.2, -0.15) is 0 Å². The summed E-state index contributed by atoms with van der Waals surface area (Å²) in [6.45, 7) is 3.94. The van der Waals surface area contributed by atoms with Gasteiger partial charge in [0.1, 0.15) is 0 Å². The van der Waals surface area contributed by atoms with Crippen molar-refractivity contribution in [2.24, 2.45) is 11.1 Å². The highest BCUT2D eigenvalue weighted by Crippen LogP contribution is 2.47. The first kappa shape index (κ1) is 12.4. The van der Waals surface area contributed by atoms with E-state index in [2.05, 4.69) is 4.90 Å². The fourth-order valence-corrected chi connectivity index (χ4v) is 3.63. The minimum Gasteiger partial charge on any atom is -0.392 e. The molecule has 0 aromatic heterocycles. The number of thiocarbonyl (C=S) groups is 1. The second-order valence-electron chi connectivity index (χ2n) is 5.88. The van der Waals surface area contributed by atoms with Gasteiger partial charge < -0.3 is 10.6 Å². The van der Waals surface area contributed by atoms with E-state index in [1.54, 1.807) is 0 Å². The molecule has 3 rings (SSSR count). The average molecular weight is 267 g/mol. The molecule has 0 bridgehead atoms. The van der Waals surface area contributed by atoms with Crippen molar-refractivity contribution in [2.75, 3.05) is 26.2 Å². The topological polar surface area (TPSA) is 49.6 Å². The molecular weight excluding hydrogens is 246 g/mol. The van der Waals surface area contributed by atoms with Crippen molar-refractivity contribution in [3.8, 4) is 0 Å². The summed E-state index contributed by atoms with van der Waals surface area (Å²) in [5.74, 6) is 0.195. The lowest BCUT2D eigenvalue weighted by molar-refractivity contribution is -0.138. The molecule has 3 fully saturated rings. The SMILES string of the molecule is NC(=S)C1(C(=O)N2CCN3CCCCC3C2)CC1. The summed E-state index contributed by atoms with van der Waals surface area (Å²) in [5.41, 5.74) is 5.28. The molecule has 4 nitrogen and oxygen atoms in total. The first-order chi connectivity index (χ1) is 8.63. The zero-order valence-corrected chi connectivity index (χ0v) is 11.5. The fraction of sp³-hybridized carbons (Fsp3) is 0.846. The Labute approximate surface area is 113 Å². The van der Waals surface area contributed by atoms with Crippen LogP contribution in [0.4, 0.5) is 0 Å². The number of fused-ring (bicyclic) bond motifs is 1. The summed E-state index contributed by atoms with van der Waals surface area (Å²) in [6.07, 6.45) is 5.53. The van der Waals surface area contributed by atoms with Crippen LogP contribution < -0.4 is 5.73 Å². The molecule has 1 atom stereocenters. The van der Waals surface area contributed by atoms with Crippen LogP contribution in [0.1, 0.15) is 32.1 Å². The smallest absolute Gasteiger partial charge is 0.235 e. The van der Waals surface area contributed by atoms with E-state index in [4.69, 9.17) is 18.0 Å². The Morgan fingerprint density at radius 1 is 1.22 bits per heavy atom. The maximum absolute atomic E-state index is 12.5. The minimum atomic E-state index is -0.466. The van der Waals surface area contributed by atoms with Crippen LogP contribution in [0.2, 0.25) is 0 Å². The quantitative estimate of drug-likeness (QED) is 0.750. The number of hydrogen-bond donors (Lipinski definition) is 1. The zero-order chi connectivity index (χ0) is 12.8. The monoisotopic (exact) mass is 267 g/mol. The maximum atomic E-state index is 12.5. The summed E-state index contributed by atoms with van der Waals surface area (Å²) in [7, 11) is 0. The Morgan fingerprint density at radius 3 is 2.67 bits per heavy atom. The minimum absolute atomic E-state index is 0.195. The molecule has 0 aromatic rings. The zero-order valence-electron chi connectivity index (χ0n) is 10.7. The lowest BCUT2D eigenvalue weighted by Gasteiger charge is -2.44. The van der Waals surface area contributed by atoms with Gasteiger partial charge in [0.15, 0.2) is 0 Å². The molecule has 2 N–H and O–H groups in total. The number of hydrogen-bond acceptors (Lipinski definition) is 3. The number of carbonyl (C=O) groups is 1. The van der Waals surface area contributed by atoms with Crippen molar-refractivity contribution in [2.45, 2.75) is 38.1 Å². The third kappa shape index (κ3) is 1.93. The first-order valence-corrected chi connectivity index (χ1v) is 7.38. The van der Waals surface area contributed by atoms with E-state index in [1.165, 1.54) is 25.8 Å². The number of nitrogens with zero attached hydrogens (tertiary/aromatic N) is 2. The molecule has 1 unspecified atom stereocenters.